The Morgan fingerprint density at radius 1 is 1.19 bits per heavy atom. The first-order valence-corrected chi connectivity index (χ1v) is 8.86. The minimum atomic E-state index is -0.452. The van der Waals surface area contributed by atoms with E-state index in [1.807, 2.05) is 30.5 Å². The number of nitrogens with zero attached hydrogens (tertiary/aromatic N) is 2. The van der Waals surface area contributed by atoms with Crippen LogP contribution in [0.2, 0.25) is 0 Å². The summed E-state index contributed by atoms with van der Waals surface area (Å²) in [6.45, 7) is 1.99. The largest absolute Gasteiger partial charge is 0.370 e. The molecule has 1 amide bonds. The summed E-state index contributed by atoms with van der Waals surface area (Å²) in [5, 5.41) is 4.36. The molecule has 5 nitrogen and oxygen atoms in total. The average molecular weight is 383 g/mol. The second kappa shape index (κ2) is 7.94. The van der Waals surface area contributed by atoms with Gasteiger partial charge >= 0.3 is 0 Å². The van der Waals surface area contributed by atoms with E-state index in [0.29, 0.717) is 17.1 Å². The van der Waals surface area contributed by atoms with Gasteiger partial charge in [-0.2, -0.15) is 0 Å². The Bertz CT molecular complexity index is 955. The number of likely N-dealkylation sites (N-methyl/N-ethyl adjacent to an activating group) is 1. The number of halogens is 1. The monoisotopic (exact) mass is 382 g/mol. The van der Waals surface area contributed by atoms with Crippen LogP contribution in [-0.2, 0) is 0 Å². The minimum absolute atomic E-state index is 0. The first-order chi connectivity index (χ1) is 12.6. The fourth-order valence-corrected chi connectivity index (χ4v) is 3.67. The van der Waals surface area contributed by atoms with Gasteiger partial charge in [0.15, 0.2) is 0 Å². The summed E-state index contributed by atoms with van der Waals surface area (Å²) in [6.07, 6.45) is 2.91. The number of carbonyl (C=O) groups excluding carboxylic acids is 1. The molecular weight excluding hydrogens is 360 g/mol. The molecule has 1 atom stereocenters. The molecule has 1 aliphatic rings. The van der Waals surface area contributed by atoms with E-state index in [4.69, 9.17) is 5.73 Å². The van der Waals surface area contributed by atoms with Gasteiger partial charge in [0.05, 0.1) is 11.1 Å². The summed E-state index contributed by atoms with van der Waals surface area (Å²) in [4.78, 5) is 18.8. The molecule has 27 heavy (non-hydrogen) atoms. The number of nitrogens with two attached hydrogens (primary N) is 1. The summed E-state index contributed by atoms with van der Waals surface area (Å²) in [5.74, 6) is -0.452. The highest BCUT2D eigenvalue weighted by Gasteiger charge is 2.22. The van der Waals surface area contributed by atoms with Crippen LogP contribution in [0.1, 0.15) is 16.8 Å². The number of aromatic nitrogens is 1. The topological polar surface area (TPSA) is 71.2 Å². The summed E-state index contributed by atoms with van der Waals surface area (Å²) in [5.41, 5.74) is 9.89. The molecule has 2 aromatic carbocycles. The first-order valence-electron chi connectivity index (χ1n) is 8.86. The highest BCUT2D eigenvalue weighted by atomic mass is 35.5. The maximum Gasteiger partial charge on any atom is 0.250 e. The Morgan fingerprint density at radius 3 is 2.63 bits per heavy atom. The Labute approximate surface area is 165 Å². The van der Waals surface area contributed by atoms with E-state index in [-0.39, 0.29) is 12.4 Å². The third-order valence-corrected chi connectivity index (χ3v) is 5.16. The summed E-state index contributed by atoms with van der Waals surface area (Å²) >= 11 is 0. The number of primary amides is 1. The molecule has 0 saturated carbocycles. The van der Waals surface area contributed by atoms with Gasteiger partial charge in [0, 0.05) is 42.5 Å². The number of benzene rings is 2. The van der Waals surface area contributed by atoms with Crippen molar-refractivity contribution in [3.8, 4) is 11.1 Å². The number of rotatable bonds is 4. The van der Waals surface area contributed by atoms with Gasteiger partial charge in [-0.05, 0) is 36.7 Å². The maximum absolute atomic E-state index is 11.9. The minimum Gasteiger partial charge on any atom is -0.370 e. The zero-order valence-corrected chi connectivity index (χ0v) is 16.0. The second-order valence-electron chi connectivity index (χ2n) is 6.74. The van der Waals surface area contributed by atoms with Gasteiger partial charge in [-0.15, -0.1) is 12.4 Å². The van der Waals surface area contributed by atoms with Crippen molar-refractivity contribution in [2.75, 3.05) is 25.0 Å². The predicted octanol–water partition coefficient (Wildman–Crippen LogP) is 3.22. The molecule has 2 heterocycles. The van der Waals surface area contributed by atoms with E-state index < -0.39 is 5.91 Å². The molecule has 0 bridgehead atoms. The number of anilines is 1. The SMILES string of the molecule is CN(c1ccc(C(N)=O)c2ncc(-c3ccccc3)cc12)[C@H]1CCNC1.Cl. The second-order valence-corrected chi connectivity index (χ2v) is 6.74. The summed E-state index contributed by atoms with van der Waals surface area (Å²) in [7, 11) is 2.10. The van der Waals surface area contributed by atoms with Crippen molar-refractivity contribution >= 4 is 34.9 Å². The molecule has 1 aliphatic heterocycles. The van der Waals surface area contributed by atoms with Crippen LogP contribution in [0.25, 0.3) is 22.0 Å². The molecule has 140 valence electrons. The lowest BCUT2D eigenvalue weighted by Gasteiger charge is -2.27. The number of hydrogen-bond acceptors (Lipinski definition) is 4. The normalized spacial score (nSPS) is 16.1. The predicted molar refractivity (Wildman–Crippen MR) is 113 cm³/mol. The molecule has 4 rings (SSSR count). The van der Waals surface area contributed by atoms with Crippen LogP contribution in [0.3, 0.4) is 0 Å². The van der Waals surface area contributed by atoms with Crippen LogP contribution in [0.4, 0.5) is 5.69 Å². The van der Waals surface area contributed by atoms with Gasteiger partial charge in [0.1, 0.15) is 0 Å². The molecule has 1 aromatic heterocycles. The van der Waals surface area contributed by atoms with Crippen LogP contribution in [0, 0.1) is 0 Å². The molecule has 0 unspecified atom stereocenters. The number of hydrogen-bond donors (Lipinski definition) is 2. The lowest BCUT2D eigenvalue weighted by molar-refractivity contribution is 0.100. The number of pyridine rings is 1. The maximum atomic E-state index is 11.9. The van der Waals surface area contributed by atoms with E-state index in [1.165, 1.54) is 0 Å². The van der Waals surface area contributed by atoms with Crippen LogP contribution < -0.4 is 16.0 Å². The van der Waals surface area contributed by atoms with E-state index in [9.17, 15) is 4.79 Å². The third kappa shape index (κ3) is 3.61. The average Bonchev–Trinajstić information content (AvgIpc) is 3.21. The third-order valence-electron chi connectivity index (χ3n) is 5.16. The van der Waals surface area contributed by atoms with Crippen molar-refractivity contribution in [1.29, 1.82) is 0 Å². The molecular formula is C21H23ClN4O. The molecule has 0 spiro atoms. The van der Waals surface area contributed by atoms with Crippen molar-refractivity contribution in [2.45, 2.75) is 12.5 Å². The van der Waals surface area contributed by atoms with E-state index in [2.05, 4.69) is 40.4 Å². The van der Waals surface area contributed by atoms with E-state index >= 15 is 0 Å². The van der Waals surface area contributed by atoms with Crippen molar-refractivity contribution < 1.29 is 4.79 Å². The summed E-state index contributed by atoms with van der Waals surface area (Å²) in [6, 6.07) is 16.4. The van der Waals surface area contributed by atoms with Crippen molar-refractivity contribution in [2.24, 2.45) is 5.73 Å². The molecule has 1 saturated heterocycles. The quantitative estimate of drug-likeness (QED) is 0.726. The van der Waals surface area contributed by atoms with Crippen LogP contribution in [0.5, 0.6) is 0 Å². The zero-order valence-electron chi connectivity index (χ0n) is 15.2. The zero-order chi connectivity index (χ0) is 18.1. The van der Waals surface area contributed by atoms with Crippen LogP contribution >= 0.6 is 12.4 Å². The van der Waals surface area contributed by atoms with Gasteiger partial charge in [-0.25, -0.2) is 0 Å². The molecule has 3 aromatic rings. The smallest absolute Gasteiger partial charge is 0.250 e. The number of fused-ring (bicyclic) bond motifs is 1. The van der Waals surface area contributed by atoms with Crippen molar-refractivity contribution in [1.82, 2.24) is 10.3 Å². The van der Waals surface area contributed by atoms with Crippen LogP contribution in [-0.4, -0.2) is 37.1 Å². The molecule has 0 radical (unpaired) electrons. The molecule has 3 N–H and O–H groups in total. The number of carbonyl (C=O) groups is 1. The van der Waals surface area contributed by atoms with Gasteiger partial charge in [0.2, 0.25) is 0 Å². The fraction of sp³-hybridized carbons (Fsp3) is 0.238. The highest BCUT2D eigenvalue weighted by Crippen LogP contribution is 2.32. The fourth-order valence-electron chi connectivity index (χ4n) is 3.67. The van der Waals surface area contributed by atoms with Gasteiger partial charge in [-0.3, -0.25) is 9.78 Å². The Balaban J connectivity index is 0.00000210. The number of nitrogens with one attached hydrogen (secondary N) is 1. The van der Waals surface area contributed by atoms with E-state index in [0.717, 1.165) is 41.7 Å². The standard InChI is InChI=1S/C21H22N4O.ClH/c1-25(16-9-10-23-13-16)19-8-7-17(21(22)26)20-18(19)11-15(12-24-20)14-5-3-2-4-6-14;/h2-8,11-12,16,23H,9-10,13H2,1H3,(H2,22,26);1H/t16-;/m0./s1. The van der Waals surface area contributed by atoms with Crippen molar-refractivity contribution in [3.63, 3.8) is 0 Å². The Kier molecular flexibility index (Phi) is 5.63. The molecule has 0 aliphatic carbocycles. The van der Waals surface area contributed by atoms with Crippen molar-refractivity contribution in [3.05, 3.63) is 60.3 Å². The summed E-state index contributed by atoms with van der Waals surface area (Å²) < 4.78 is 0. The Morgan fingerprint density at radius 2 is 1.96 bits per heavy atom. The van der Waals surface area contributed by atoms with Gasteiger partial charge in [-0.1, -0.05) is 30.3 Å². The highest BCUT2D eigenvalue weighted by molar-refractivity contribution is 6.09. The van der Waals surface area contributed by atoms with E-state index in [1.54, 1.807) is 6.07 Å². The Hall–Kier alpha value is -2.63. The van der Waals surface area contributed by atoms with Crippen LogP contribution in [0.15, 0.2) is 54.7 Å². The molecule has 1 fully saturated rings. The molecule has 6 heteroatoms. The van der Waals surface area contributed by atoms with Gasteiger partial charge in [0.25, 0.3) is 5.91 Å². The number of amides is 1. The lowest BCUT2D eigenvalue weighted by Crippen LogP contribution is -2.33. The van der Waals surface area contributed by atoms with Gasteiger partial charge < -0.3 is 16.0 Å². The lowest BCUT2D eigenvalue weighted by atomic mass is 10.0. The first kappa shape index (κ1) is 19.1.